The number of carbonyl (C=O) groups excluding carboxylic acids is 1. The van der Waals surface area contributed by atoms with E-state index in [2.05, 4.69) is 4.98 Å². The molecule has 1 amide bonds. The summed E-state index contributed by atoms with van der Waals surface area (Å²) in [6.07, 6.45) is 2.13. The van der Waals surface area contributed by atoms with Crippen molar-refractivity contribution in [3.63, 3.8) is 0 Å². The van der Waals surface area contributed by atoms with E-state index in [0.717, 1.165) is 27.6 Å². The lowest BCUT2D eigenvalue weighted by Gasteiger charge is -2.16. The quantitative estimate of drug-likeness (QED) is 0.700. The minimum Gasteiger partial charge on any atom is -0.481 e. The van der Waals surface area contributed by atoms with Gasteiger partial charge in [0.2, 0.25) is 5.91 Å². The number of carboxylic acids is 1. The van der Waals surface area contributed by atoms with E-state index in [9.17, 15) is 14.7 Å². The number of carboxylic acid groups (broad SMARTS) is 1. The first kappa shape index (κ1) is 18.6. The summed E-state index contributed by atoms with van der Waals surface area (Å²) in [5, 5.41) is 11.3. The van der Waals surface area contributed by atoms with Crippen molar-refractivity contribution >= 4 is 34.4 Å². The Balaban J connectivity index is 1.56. The molecule has 28 heavy (non-hydrogen) atoms. The minimum atomic E-state index is -0.877. The first-order valence-electron chi connectivity index (χ1n) is 9.25. The third-order valence-electron chi connectivity index (χ3n) is 5.63. The van der Waals surface area contributed by atoms with E-state index in [0.29, 0.717) is 11.6 Å². The Morgan fingerprint density at radius 1 is 1.18 bits per heavy atom. The molecule has 0 bridgehead atoms. The van der Waals surface area contributed by atoms with Crippen molar-refractivity contribution in [2.45, 2.75) is 19.3 Å². The average molecular weight is 397 g/mol. The summed E-state index contributed by atoms with van der Waals surface area (Å²) < 4.78 is 0. The van der Waals surface area contributed by atoms with Crippen molar-refractivity contribution in [2.75, 3.05) is 13.1 Å². The highest BCUT2D eigenvalue weighted by atomic mass is 35.5. The van der Waals surface area contributed by atoms with Gasteiger partial charge in [-0.15, -0.1) is 0 Å². The van der Waals surface area contributed by atoms with Gasteiger partial charge in [-0.1, -0.05) is 35.9 Å². The number of halogens is 1. The molecule has 1 aliphatic rings. The van der Waals surface area contributed by atoms with Crippen LogP contribution in [-0.2, 0) is 16.0 Å². The Morgan fingerprint density at radius 3 is 2.64 bits per heavy atom. The van der Waals surface area contributed by atoms with Gasteiger partial charge < -0.3 is 15.0 Å². The van der Waals surface area contributed by atoms with E-state index in [1.807, 2.05) is 43.5 Å². The molecule has 6 heteroatoms. The molecule has 1 aliphatic heterocycles. The van der Waals surface area contributed by atoms with Crippen molar-refractivity contribution in [1.29, 1.82) is 0 Å². The second-order valence-electron chi connectivity index (χ2n) is 7.39. The number of fused-ring (bicyclic) bond motifs is 1. The van der Waals surface area contributed by atoms with Gasteiger partial charge in [0.25, 0.3) is 0 Å². The maximum atomic E-state index is 13.0. The summed E-state index contributed by atoms with van der Waals surface area (Å²) in [5.41, 5.74) is 3.96. The minimum absolute atomic E-state index is 0.0492. The number of carbonyl (C=O) groups is 2. The van der Waals surface area contributed by atoms with Gasteiger partial charge in [0.15, 0.2) is 0 Å². The van der Waals surface area contributed by atoms with Crippen molar-refractivity contribution in [1.82, 2.24) is 9.88 Å². The molecule has 2 N–H and O–H groups in total. The molecule has 2 atom stereocenters. The molecule has 0 unspecified atom stereocenters. The van der Waals surface area contributed by atoms with Gasteiger partial charge in [0, 0.05) is 41.1 Å². The Morgan fingerprint density at radius 2 is 1.93 bits per heavy atom. The first-order chi connectivity index (χ1) is 13.4. The topological polar surface area (TPSA) is 73.4 Å². The fourth-order valence-corrected chi connectivity index (χ4v) is 4.30. The van der Waals surface area contributed by atoms with Gasteiger partial charge in [-0.25, -0.2) is 0 Å². The lowest BCUT2D eigenvalue weighted by atomic mass is 9.89. The number of aryl methyl sites for hydroxylation is 1. The number of hydrogen-bond donors (Lipinski definition) is 2. The average Bonchev–Trinajstić information content (AvgIpc) is 3.28. The summed E-state index contributed by atoms with van der Waals surface area (Å²) in [4.78, 5) is 29.6. The molecular formula is C22H21ClN2O3. The standard InChI is InChI=1S/C22H21ClN2O3/c1-13-3-2-4-19-21(13)15(10-24-19)9-20(26)25-11-17(18(12-25)22(27)28)14-5-7-16(23)8-6-14/h2-8,10,17-18,24H,9,11-12H2,1H3,(H,27,28)/t17-,18+/m0/s1. The molecule has 0 aliphatic carbocycles. The number of aromatic nitrogens is 1. The van der Waals surface area contributed by atoms with Crippen LogP contribution in [-0.4, -0.2) is 40.0 Å². The van der Waals surface area contributed by atoms with E-state index in [1.165, 1.54) is 0 Å². The van der Waals surface area contributed by atoms with Crippen molar-refractivity contribution < 1.29 is 14.7 Å². The fourth-order valence-electron chi connectivity index (χ4n) is 4.17. The van der Waals surface area contributed by atoms with Crippen molar-refractivity contribution in [3.05, 3.63) is 70.4 Å². The zero-order chi connectivity index (χ0) is 19.8. The second-order valence-corrected chi connectivity index (χ2v) is 7.83. The highest BCUT2D eigenvalue weighted by molar-refractivity contribution is 6.30. The zero-order valence-electron chi connectivity index (χ0n) is 15.5. The van der Waals surface area contributed by atoms with Gasteiger partial charge in [-0.3, -0.25) is 9.59 Å². The number of amides is 1. The molecule has 1 saturated heterocycles. The largest absolute Gasteiger partial charge is 0.481 e. The maximum absolute atomic E-state index is 13.0. The van der Waals surface area contributed by atoms with Crippen LogP contribution in [0.25, 0.3) is 10.9 Å². The molecule has 2 heterocycles. The Labute approximate surface area is 167 Å². The zero-order valence-corrected chi connectivity index (χ0v) is 16.2. The molecular weight excluding hydrogens is 376 g/mol. The van der Waals surface area contributed by atoms with Crippen molar-refractivity contribution in [2.24, 2.45) is 5.92 Å². The van der Waals surface area contributed by atoms with Crippen LogP contribution in [0.15, 0.2) is 48.7 Å². The number of hydrogen-bond acceptors (Lipinski definition) is 2. The van der Waals surface area contributed by atoms with Crippen LogP contribution >= 0.6 is 11.6 Å². The molecule has 0 radical (unpaired) electrons. The van der Waals surface area contributed by atoms with Gasteiger partial charge in [0.1, 0.15) is 0 Å². The van der Waals surface area contributed by atoms with Crippen LogP contribution in [0.4, 0.5) is 0 Å². The summed E-state index contributed by atoms with van der Waals surface area (Å²) in [7, 11) is 0. The molecule has 0 spiro atoms. The molecule has 3 aromatic rings. The van der Waals surface area contributed by atoms with E-state index < -0.39 is 11.9 Å². The molecule has 0 saturated carbocycles. The molecule has 2 aromatic carbocycles. The van der Waals surface area contributed by atoms with Crippen LogP contribution in [0.5, 0.6) is 0 Å². The lowest BCUT2D eigenvalue weighted by Crippen LogP contribution is -2.31. The Hall–Kier alpha value is -2.79. The fraction of sp³-hybridized carbons (Fsp3) is 0.273. The van der Waals surface area contributed by atoms with Crippen molar-refractivity contribution in [3.8, 4) is 0 Å². The molecule has 1 aromatic heterocycles. The Bertz CT molecular complexity index is 1040. The van der Waals surface area contributed by atoms with Crippen LogP contribution < -0.4 is 0 Å². The van der Waals surface area contributed by atoms with Crippen LogP contribution in [0, 0.1) is 12.8 Å². The molecule has 144 valence electrons. The van der Waals surface area contributed by atoms with Gasteiger partial charge in [-0.2, -0.15) is 0 Å². The second kappa shape index (κ2) is 7.32. The molecule has 4 rings (SSSR count). The third kappa shape index (κ3) is 3.38. The highest BCUT2D eigenvalue weighted by Gasteiger charge is 2.40. The summed E-state index contributed by atoms with van der Waals surface area (Å²) >= 11 is 5.95. The SMILES string of the molecule is Cc1cccc2[nH]cc(CC(=O)N3C[C@@H](C(=O)O)[C@H](c4ccc(Cl)cc4)C3)c12. The van der Waals surface area contributed by atoms with Gasteiger partial charge in [-0.05, 0) is 41.8 Å². The summed E-state index contributed by atoms with van der Waals surface area (Å²) in [6, 6.07) is 13.2. The predicted octanol–water partition coefficient (Wildman–Crippen LogP) is 4.00. The van der Waals surface area contributed by atoms with Crippen LogP contribution in [0.3, 0.4) is 0 Å². The van der Waals surface area contributed by atoms with Gasteiger partial charge in [0.05, 0.1) is 12.3 Å². The lowest BCUT2D eigenvalue weighted by molar-refractivity contribution is -0.141. The number of likely N-dealkylation sites (tertiary alicyclic amines) is 1. The van der Waals surface area contributed by atoms with E-state index >= 15 is 0 Å². The number of benzene rings is 2. The number of rotatable bonds is 4. The summed E-state index contributed by atoms with van der Waals surface area (Å²) in [6.45, 7) is 2.65. The maximum Gasteiger partial charge on any atom is 0.308 e. The molecule has 5 nitrogen and oxygen atoms in total. The van der Waals surface area contributed by atoms with E-state index in [1.54, 1.807) is 17.0 Å². The predicted molar refractivity (Wildman–Crippen MR) is 109 cm³/mol. The van der Waals surface area contributed by atoms with E-state index in [-0.39, 0.29) is 24.8 Å². The normalized spacial score (nSPS) is 19.3. The van der Waals surface area contributed by atoms with Gasteiger partial charge >= 0.3 is 5.97 Å². The number of H-pyrrole nitrogens is 1. The Kier molecular flexibility index (Phi) is 4.85. The third-order valence-corrected chi connectivity index (χ3v) is 5.88. The highest BCUT2D eigenvalue weighted by Crippen LogP contribution is 2.34. The number of aromatic amines is 1. The number of nitrogens with zero attached hydrogens (tertiary/aromatic N) is 1. The smallest absolute Gasteiger partial charge is 0.308 e. The van der Waals surface area contributed by atoms with E-state index in [4.69, 9.17) is 11.6 Å². The number of aliphatic carboxylic acids is 1. The first-order valence-corrected chi connectivity index (χ1v) is 9.63. The van der Waals surface area contributed by atoms with Crippen LogP contribution in [0.1, 0.15) is 22.6 Å². The van der Waals surface area contributed by atoms with Crippen LogP contribution in [0.2, 0.25) is 5.02 Å². The summed E-state index contributed by atoms with van der Waals surface area (Å²) in [5.74, 6) is -1.77. The monoisotopic (exact) mass is 396 g/mol. The molecule has 1 fully saturated rings. The number of nitrogens with one attached hydrogen (secondary N) is 1.